The van der Waals surface area contributed by atoms with Crippen LogP contribution in [0.2, 0.25) is 0 Å². The number of aliphatic hydroxyl groups excluding tert-OH is 4. The maximum absolute atomic E-state index is 14.3. The van der Waals surface area contributed by atoms with E-state index < -0.39 is 102 Å². The minimum Gasteiger partial charge on any atom is -0.393 e. The number of carbonyl (C=O) groups excluding carboxylic acids is 4. The molecule has 0 spiro atoms. The molecule has 6 saturated carbocycles. The van der Waals surface area contributed by atoms with E-state index in [9.17, 15) is 54.4 Å². The normalized spacial score (nSPS) is 51.3. The summed E-state index contributed by atoms with van der Waals surface area (Å²) < 4.78 is 27.1. The first-order valence-corrected chi connectivity index (χ1v) is 21.9. The van der Waals surface area contributed by atoms with Gasteiger partial charge in [-0.05, 0) is 112 Å². The summed E-state index contributed by atoms with van der Waals surface area (Å²) in [6, 6.07) is 0. The Bertz CT molecular complexity index is 1680. The van der Waals surface area contributed by atoms with Crippen LogP contribution in [0.4, 0.5) is 0 Å². The van der Waals surface area contributed by atoms with Crippen LogP contribution in [-0.2, 0) is 32.8 Å². The van der Waals surface area contributed by atoms with Crippen molar-refractivity contribution in [2.45, 2.75) is 140 Å². The Morgan fingerprint density at radius 3 is 1.43 bits per heavy atom. The van der Waals surface area contributed by atoms with Gasteiger partial charge in [-0.3, -0.25) is 23.7 Å². The van der Waals surface area contributed by atoms with E-state index in [0.29, 0.717) is 38.5 Å². The average molecular weight is 803 g/mol. The lowest BCUT2D eigenvalue weighted by Crippen LogP contribution is -2.64. The fraction of sp³-hybridized carbons (Fsp3) is 0.810. The summed E-state index contributed by atoms with van der Waals surface area (Å²) in [5.74, 6) is -3.20. The van der Waals surface area contributed by atoms with Crippen molar-refractivity contribution < 1.29 is 63.4 Å². The van der Waals surface area contributed by atoms with Gasteiger partial charge < -0.3 is 39.7 Å². The fourth-order valence-electron chi connectivity index (χ4n) is 15.2. The van der Waals surface area contributed by atoms with E-state index in [1.807, 2.05) is 27.7 Å². The molecule has 14 heteroatoms. The van der Waals surface area contributed by atoms with Gasteiger partial charge in [-0.25, -0.2) is 0 Å². The fourth-order valence-corrected chi connectivity index (χ4v) is 16.4. The van der Waals surface area contributed by atoms with Crippen molar-refractivity contribution in [1.29, 1.82) is 0 Å². The summed E-state index contributed by atoms with van der Waals surface area (Å²) in [4.78, 5) is 52.3. The van der Waals surface area contributed by atoms with Crippen LogP contribution in [0.3, 0.4) is 0 Å². The predicted molar refractivity (Wildman–Crippen MR) is 200 cm³/mol. The molecule has 0 bridgehead atoms. The van der Waals surface area contributed by atoms with Crippen LogP contribution in [0.1, 0.15) is 105 Å². The molecule has 0 radical (unpaired) electrons. The zero-order valence-electron chi connectivity index (χ0n) is 32.9. The van der Waals surface area contributed by atoms with Gasteiger partial charge in [0.25, 0.3) is 0 Å². The van der Waals surface area contributed by atoms with E-state index in [1.54, 1.807) is 12.2 Å². The Hall–Kier alpha value is -1.93. The first-order valence-electron chi connectivity index (χ1n) is 20.7. The van der Waals surface area contributed by atoms with Crippen molar-refractivity contribution in [2.75, 3.05) is 13.2 Å². The number of hydrogen-bond donors (Lipinski definition) is 6. The molecular formula is C42H59O13P. The number of Topliss-reactive ketones (excluding diaryl/α,β-unsaturated/α-hetero) is 2. The van der Waals surface area contributed by atoms with Gasteiger partial charge >= 0.3 is 8.25 Å². The van der Waals surface area contributed by atoms with Crippen LogP contribution < -0.4 is 0 Å². The highest BCUT2D eigenvalue weighted by molar-refractivity contribution is 7.33. The van der Waals surface area contributed by atoms with Crippen LogP contribution in [0.15, 0.2) is 23.3 Å². The van der Waals surface area contributed by atoms with Crippen molar-refractivity contribution in [1.82, 2.24) is 0 Å². The van der Waals surface area contributed by atoms with Gasteiger partial charge in [0.05, 0.1) is 24.4 Å². The minimum atomic E-state index is -3.44. The molecule has 0 saturated heterocycles. The first-order chi connectivity index (χ1) is 26.2. The molecule has 13 nitrogen and oxygen atoms in total. The monoisotopic (exact) mass is 802 g/mol. The molecule has 310 valence electrons. The van der Waals surface area contributed by atoms with Crippen molar-refractivity contribution in [3.8, 4) is 0 Å². The molecule has 0 amide bonds. The summed E-state index contributed by atoms with van der Waals surface area (Å²) in [6.45, 7) is 5.94. The Morgan fingerprint density at radius 1 is 0.696 bits per heavy atom. The van der Waals surface area contributed by atoms with Crippen LogP contribution >= 0.6 is 8.25 Å². The smallest absolute Gasteiger partial charge is 0.319 e. The third-order valence-electron chi connectivity index (χ3n) is 17.9. The summed E-state index contributed by atoms with van der Waals surface area (Å²) in [6.07, 6.45) is 3.03. The molecule has 56 heavy (non-hydrogen) atoms. The average Bonchev–Trinajstić information content (AvgIpc) is 3.57. The van der Waals surface area contributed by atoms with Gasteiger partial charge in [0, 0.05) is 34.5 Å². The lowest BCUT2D eigenvalue weighted by molar-refractivity contribution is -0.191. The molecule has 16 atom stereocenters. The second-order valence-corrected chi connectivity index (χ2v) is 20.7. The summed E-state index contributed by atoms with van der Waals surface area (Å²) in [5, 5.41) is 66.8. The highest BCUT2D eigenvalue weighted by atomic mass is 31.1. The van der Waals surface area contributed by atoms with Gasteiger partial charge in [-0.1, -0.05) is 38.8 Å². The Balaban J connectivity index is 1.07. The third kappa shape index (κ3) is 5.30. The zero-order chi connectivity index (χ0) is 40.5. The highest BCUT2D eigenvalue weighted by Crippen LogP contribution is 2.70. The number of fused-ring (bicyclic) bond motifs is 10. The number of ketones is 4. The second-order valence-electron chi connectivity index (χ2n) is 19.7. The number of rotatable bonds is 8. The quantitative estimate of drug-likeness (QED) is 0.195. The summed E-state index contributed by atoms with van der Waals surface area (Å²) in [7, 11) is -3.44. The maximum atomic E-state index is 14.3. The van der Waals surface area contributed by atoms with Gasteiger partial charge in [0.1, 0.15) is 24.4 Å². The largest absolute Gasteiger partial charge is 0.393 e. The van der Waals surface area contributed by atoms with E-state index in [0.717, 1.165) is 11.1 Å². The van der Waals surface area contributed by atoms with E-state index in [4.69, 9.17) is 9.05 Å². The number of carbonyl (C=O) groups is 4. The Morgan fingerprint density at radius 2 is 1.07 bits per heavy atom. The van der Waals surface area contributed by atoms with E-state index in [-0.39, 0.29) is 73.8 Å². The predicted octanol–water partition coefficient (Wildman–Crippen LogP) is 2.96. The van der Waals surface area contributed by atoms with Gasteiger partial charge in [-0.15, -0.1) is 0 Å². The van der Waals surface area contributed by atoms with Crippen molar-refractivity contribution >= 4 is 31.4 Å². The molecule has 0 aromatic heterocycles. The molecule has 6 N–H and O–H groups in total. The van der Waals surface area contributed by atoms with Crippen molar-refractivity contribution in [3.63, 3.8) is 0 Å². The van der Waals surface area contributed by atoms with Crippen molar-refractivity contribution in [3.05, 3.63) is 23.3 Å². The highest BCUT2D eigenvalue weighted by Gasteiger charge is 2.71. The van der Waals surface area contributed by atoms with Crippen LogP contribution in [0.5, 0.6) is 0 Å². The molecule has 8 aliphatic rings. The lowest BCUT2D eigenvalue weighted by Gasteiger charge is -2.62. The minimum absolute atomic E-state index is 0.101. The van der Waals surface area contributed by atoms with Gasteiger partial charge in [0.2, 0.25) is 0 Å². The molecule has 2 unspecified atom stereocenters. The third-order valence-corrected chi connectivity index (χ3v) is 18.9. The molecule has 0 aromatic carbocycles. The lowest BCUT2D eigenvalue weighted by atomic mass is 9.45. The van der Waals surface area contributed by atoms with E-state index in [1.165, 1.54) is 0 Å². The molecular weight excluding hydrogens is 743 g/mol. The maximum Gasteiger partial charge on any atom is 0.319 e. The second kappa shape index (κ2) is 13.5. The first kappa shape index (κ1) is 40.8. The van der Waals surface area contributed by atoms with Crippen LogP contribution in [-0.4, -0.2) is 103 Å². The topological polar surface area (TPSA) is 225 Å². The SMILES string of the molecule is C[C@]12C[C@H](O)[C@H]3[C@@H](CCC4=CC(=O)CC(O[PH](=O)OC5CC(=O)C=C6CC[C@@H]7[C@H]([C@@H](O)C[C@@]8(C)[C@H]7CC[C@]8(O)C(=O)CO)[C@]65C)[C@@]43C)[C@@H]1CC[C@]2(O)C(=O)CO. The van der Waals surface area contributed by atoms with Crippen LogP contribution in [0, 0.1) is 57.2 Å². The van der Waals surface area contributed by atoms with Gasteiger partial charge in [0.15, 0.2) is 23.1 Å². The van der Waals surface area contributed by atoms with E-state index in [2.05, 4.69) is 0 Å². The molecule has 8 aliphatic carbocycles. The standard InChI is InChI=1S/C42H59O13P/c1-37-17-29(47)35-25(27(37)9-11-41(37,51)31(49)19-43)7-5-21-13-23(45)15-33(39(21,35)3)54-56(53)55-34-16-24(46)14-22-6-8-26-28-10-12-42(52,32(50)20-44)38(28,2)18-30(48)36(26)40(22,34)4/h13-14,25-30,33-36,43-44,47-48,51-52,56H,5-12,15-20H2,1-4H3/t25-,26-,27-,28-,29-,30-,33?,34?,35+,36+,37-,38-,39+,40+,41-,42-/m0/s1. The van der Waals surface area contributed by atoms with Crippen LogP contribution in [0.25, 0.3) is 0 Å². The number of hydrogen-bond acceptors (Lipinski definition) is 13. The molecule has 8 rings (SSSR count). The van der Waals surface area contributed by atoms with Gasteiger partial charge in [-0.2, -0.15) is 0 Å². The molecule has 0 aromatic rings. The molecule has 0 aliphatic heterocycles. The molecule has 6 fully saturated rings. The van der Waals surface area contributed by atoms with Crippen molar-refractivity contribution in [2.24, 2.45) is 57.2 Å². The summed E-state index contributed by atoms with van der Waals surface area (Å²) in [5.41, 5.74) is -5.78. The summed E-state index contributed by atoms with van der Waals surface area (Å²) >= 11 is 0. The Kier molecular flexibility index (Phi) is 9.88. The zero-order valence-corrected chi connectivity index (χ0v) is 33.9. The van der Waals surface area contributed by atoms with E-state index >= 15 is 0 Å². The molecule has 0 heterocycles. The number of aliphatic hydroxyl groups is 6. The Labute approximate surface area is 328 Å².